The number of carbonyl (C=O) groups is 1. The van der Waals surface area contributed by atoms with Crippen LogP contribution in [0, 0.1) is 11.8 Å². The number of pyridine rings is 1. The first-order valence-corrected chi connectivity index (χ1v) is 11.7. The van der Waals surface area contributed by atoms with Crippen molar-refractivity contribution in [1.29, 1.82) is 0 Å². The Bertz CT molecular complexity index is 963. The van der Waals surface area contributed by atoms with Crippen molar-refractivity contribution in [3.8, 4) is 28.4 Å². The van der Waals surface area contributed by atoms with E-state index in [9.17, 15) is 4.79 Å². The Morgan fingerprint density at radius 3 is 1.97 bits per heavy atom. The van der Waals surface area contributed by atoms with E-state index in [1.807, 2.05) is 32.2 Å². The quantitative estimate of drug-likeness (QED) is 0.559. The van der Waals surface area contributed by atoms with Crippen LogP contribution < -0.4 is 19.5 Å². The van der Waals surface area contributed by atoms with E-state index >= 15 is 0 Å². The molecule has 0 spiro atoms. The van der Waals surface area contributed by atoms with Gasteiger partial charge < -0.3 is 19.5 Å². The normalized spacial score (nSPS) is 18.2. The van der Waals surface area contributed by atoms with Crippen molar-refractivity contribution in [3.63, 3.8) is 0 Å². The number of fused-ring (bicyclic) bond motifs is 1. The molecule has 1 N–H and O–H groups in total. The zero-order valence-corrected chi connectivity index (χ0v) is 19.8. The number of nitrogens with zero attached hydrogens (tertiary/aromatic N) is 1. The molecule has 2 heterocycles. The molecule has 0 atom stereocenters. The molecule has 0 bridgehead atoms. The summed E-state index contributed by atoms with van der Waals surface area (Å²) in [6.45, 7) is 4.00. The fraction of sp³-hybridized carbons (Fsp3) is 0.538. The second kappa shape index (κ2) is 9.00. The Labute approximate surface area is 192 Å². The van der Waals surface area contributed by atoms with Crippen LogP contribution in [0.1, 0.15) is 59.4 Å². The van der Waals surface area contributed by atoms with Gasteiger partial charge in [-0.15, -0.1) is 0 Å². The topological polar surface area (TPSA) is 69.7 Å². The van der Waals surface area contributed by atoms with Crippen molar-refractivity contribution < 1.29 is 20.4 Å². The SMILES string of the molecule is CC.COc1cc(-c2cnc3c(c2)C(CC2CC2)(CC2CC2)C(=O)N3)cc(OC)c1OC.[HH]. The number of hydrogen-bond acceptors (Lipinski definition) is 5. The third-order valence-corrected chi connectivity index (χ3v) is 6.74. The second-order valence-electron chi connectivity index (χ2n) is 8.87. The maximum Gasteiger partial charge on any atom is 0.236 e. The van der Waals surface area contributed by atoms with Gasteiger partial charge in [0.2, 0.25) is 11.7 Å². The molecule has 0 saturated heterocycles. The van der Waals surface area contributed by atoms with Gasteiger partial charge in [0.05, 0.1) is 26.7 Å². The standard InChI is InChI=1S/C24H28N2O4.C2H6.H2/c1-28-19-9-16(10-20(29-2)21(19)30-3)17-8-18-22(25-13-17)26-23(27)24(18,11-14-4-5-14)12-15-6-7-15;1-2;/h8-10,13-15H,4-7,11-12H2,1-3H3,(H,25,26,27);1-2H3;1H. The zero-order chi connectivity index (χ0) is 22.9. The molecular formula is C26H36N2O4. The van der Waals surface area contributed by atoms with Gasteiger partial charge in [-0.25, -0.2) is 4.98 Å². The summed E-state index contributed by atoms with van der Waals surface area (Å²) in [5, 5.41) is 3.08. The smallest absolute Gasteiger partial charge is 0.236 e. The van der Waals surface area contributed by atoms with E-state index < -0.39 is 5.41 Å². The lowest BCUT2D eigenvalue weighted by Gasteiger charge is -2.28. The molecule has 2 fully saturated rings. The number of rotatable bonds is 8. The zero-order valence-electron chi connectivity index (χ0n) is 19.8. The minimum absolute atomic E-state index is 0. The highest BCUT2D eigenvalue weighted by Crippen LogP contribution is 2.54. The van der Waals surface area contributed by atoms with E-state index in [-0.39, 0.29) is 7.33 Å². The number of nitrogens with one attached hydrogen (secondary N) is 1. The molecule has 2 aliphatic carbocycles. The lowest BCUT2D eigenvalue weighted by molar-refractivity contribution is -0.121. The lowest BCUT2D eigenvalue weighted by atomic mass is 9.73. The van der Waals surface area contributed by atoms with Gasteiger partial charge in [0.1, 0.15) is 5.82 Å². The van der Waals surface area contributed by atoms with Crippen molar-refractivity contribution in [1.82, 2.24) is 4.98 Å². The minimum atomic E-state index is -0.443. The molecule has 1 aromatic heterocycles. The lowest BCUT2D eigenvalue weighted by Crippen LogP contribution is -2.35. The van der Waals surface area contributed by atoms with E-state index in [4.69, 9.17) is 14.2 Å². The molecule has 2 saturated carbocycles. The number of benzene rings is 1. The predicted octanol–water partition coefficient (Wildman–Crippen LogP) is 5.84. The van der Waals surface area contributed by atoms with Crippen molar-refractivity contribution in [2.75, 3.05) is 26.6 Å². The van der Waals surface area contributed by atoms with Crippen molar-refractivity contribution >= 4 is 11.7 Å². The highest BCUT2D eigenvalue weighted by atomic mass is 16.5. The number of ether oxygens (including phenoxy) is 3. The van der Waals surface area contributed by atoms with Crippen LogP contribution in [-0.4, -0.2) is 32.2 Å². The molecule has 1 aliphatic heterocycles. The van der Waals surface area contributed by atoms with Gasteiger partial charge in [-0.2, -0.15) is 0 Å². The van der Waals surface area contributed by atoms with Crippen molar-refractivity contribution in [2.24, 2.45) is 11.8 Å². The molecule has 32 heavy (non-hydrogen) atoms. The Morgan fingerprint density at radius 1 is 0.938 bits per heavy atom. The Morgan fingerprint density at radius 2 is 1.50 bits per heavy atom. The predicted molar refractivity (Wildman–Crippen MR) is 128 cm³/mol. The third kappa shape index (κ3) is 4.03. The summed E-state index contributed by atoms with van der Waals surface area (Å²) >= 11 is 0. The first-order valence-electron chi connectivity index (χ1n) is 11.7. The van der Waals surface area contributed by atoms with E-state index in [0.29, 0.717) is 29.1 Å². The van der Waals surface area contributed by atoms with Gasteiger partial charge in [0.25, 0.3) is 0 Å². The van der Waals surface area contributed by atoms with Crippen molar-refractivity contribution in [3.05, 3.63) is 30.0 Å². The Balaban J connectivity index is 0.000000994. The largest absolute Gasteiger partial charge is 0.493 e. The average molecular weight is 441 g/mol. The number of methoxy groups -OCH3 is 3. The maximum atomic E-state index is 13.2. The summed E-state index contributed by atoms with van der Waals surface area (Å²) in [6, 6.07) is 6.00. The molecule has 5 rings (SSSR count). The van der Waals surface area contributed by atoms with E-state index in [0.717, 1.165) is 35.3 Å². The second-order valence-corrected chi connectivity index (χ2v) is 8.87. The molecule has 1 amide bonds. The fourth-order valence-electron chi connectivity index (χ4n) is 4.80. The van der Waals surface area contributed by atoms with Crippen LogP contribution in [0.3, 0.4) is 0 Å². The van der Waals surface area contributed by atoms with E-state index in [1.54, 1.807) is 21.3 Å². The van der Waals surface area contributed by atoms with Crippen LogP contribution in [0.15, 0.2) is 24.4 Å². The van der Waals surface area contributed by atoms with Gasteiger partial charge in [-0.05, 0) is 48.4 Å². The number of aromatic nitrogens is 1. The van der Waals surface area contributed by atoms with E-state index in [2.05, 4.69) is 16.4 Å². The average Bonchev–Trinajstić information content (AvgIpc) is 3.76. The highest BCUT2D eigenvalue weighted by molar-refractivity contribution is 6.05. The minimum Gasteiger partial charge on any atom is -0.493 e. The number of amides is 1. The third-order valence-electron chi connectivity index (χ3n) is 6.74. The van der Waals surface area contributed by atoms with Gasteiger partial charge in [0, 0.05) is 18.8 Å². The van der Waals surface area contributed by atoms with Crippen LogP contribution in [0.25, 0.3) is 11.1 Å². The van der Waals surface area contributed by atoms with Gasteiger partial charge in [-0.3, -0.25) is 4.79 Å². The molecule has 1 aromatic carbocycles. The van der Waals surface area contributed by atoms with Gasteiger partial charge >= 0.3 is 0 Å². The monoisotopic (exact) mass is 440 g/mol. The molecule has 6 nitrogen and oxygen atoms in total. The summed E-state index contributed by atoms with van der Waals surface area (Å²) in [6.07, 6.45) is 8.60. The van der Waals surface area contributed by atoms with Crippen molar-refractivity contribution in [2.45, 2.75) is 57.8 Å². The summed E-state index contributed by atoms with van der Waals surface area (Å²) < 4.78 is 16.5. The summed E-state index contributed by atoms with van der Waals surface area (Å²) in [5.74, 6) is 3.93. The molecule has 6 heteroatoms. The van der Waals surface area contributed by atoms with Crippen LogP contribution in [0.4, 0.5) is 5.82 Å². The summed E-state index contributed by atoms with van der Waals surface area (Å²) in [4.78, 5) is 17.8. The molecule has 174 valence electrons. The molecular weight excluding hydrogens is 404 g/mol. The van der Waals surface area contributed by atoms with Crippen LogP contribution >= 0.6 is 0 Å². The molecule has 0 radical (unpaired) electrons. The van der Waals surface area contributed by atoms with Gasteiger partial charge in [-0.1, -0.05) is 39.5 Å². The fourth-order valence-corrected chi connectivity index (χ4v) is 4.80. The summed E-state index contributed by atoms with van der Waals surface area (Å²) in [7, 11) is 4.82. The maximum absolute atomic E-state index is 13.2. The summed E-state index contributed by atoms with van der Waals surface area (Å²) in [5.41, 5.74) is 2.48. The molecule has 3 aliphatic rings. The van der Waals surface area contributed by atoms with Crippen LogP contribution in [0.5, 0.6) is 17.2 Å². The Hall–Kier alpha value is -2.76. The van der Waals surface area contributed by atoms with Crippen LogP contribution in [0.2, 0.25) is 0 Å². The molecule has 0 unspecified atom stereocenters. The van der Waals surface area contributed by atoms with E-state index in [1.165, 1.54) is 25.7 Å². The van der Waals surface area contributed by atoms with Crippen LogP contribution in [-0.2, 0) is 10.2 Å². The van der Waals surface area contributed by atoms with Gasteiger partial charge in [0.15, 0.2) is 11.5 Å². The first-order chi connectivity index (χ1) is 15.6. The molecule has 2 aromatic rings. The number of carbonyl (C=O) groups excluding carboxylic acids is 1. The highest BCUT2D eigenvalue weighted by Gasteiger charge is 2.52. The first kappa shape index (κ1) is 22.4. The number of anilines is 1. The number of hydrogen-bond donors (Lipinski definition) is 1. The Kier molecular flexibility index (Phi) is 6.31.